The highest BCUT2D eigenvalue weighted by Crippen LogP contribution is 2.10. The fourth-order valence-electron chi connectivity index (χ4n) is 1.72. The molecule has 0 spiro atoms. The lowest BCUT2D eigenvalue weighted by Gasteiger charge is -2.12. The summed E-state index contributed by atoms with van der Waals surface area (Å²) >= 11 is 0. The van der Waals surface area contributed by atoms with Crippen molar-refractivity contribution in [3.05, 3.63) is 34.9 Å². The number of benzene rings is 1. The third-order valence-electron chi connectivity index (χ3n) is 2.76. The molecule has 0 heterocycles. The second kappa shape index (κ2) is 6.40. The second-order valence-electron chi connectivity index (χ2n) is 4.47. The van der Waals surface area contributed by atoms with E-state index in [0.717, 1.165) is 17.5 Å². The summed E-state index contributed by atoms with van der Waals surface area (Å²) in [5, 5.41) is 12.3. The zero-order chi connectivity index (χ0) is 12.8. The molecular weight excluding hydrogens is 214 g/mol. The minimum absolute atomic E-state index is 0.110. The van der Waals surface area contributed by atoms with E-state index in [0.29, 0.717) is 18.5 Å². The van der Waals surface area contributed by atoms with E-state index in [4.69, 9.17) is 0 Å². The number of aryl methyl sites for hydroxylation is 2. The van der Waals surface area contributed by atoms with Crippen LogP contribution < -0.4 is 5.32 Å². The zero-order valence-electron chi connectivity index (χ0n) is 10.8. The molecule has 17 heavy (non-hydrogen) atoms. The summed E-state index contributed by atoms with van der Waals surface area (Å²) in [4.78, 5) is 11.9. The van der Waals surface area contributed by atoms with Gasteiger partial charge in [-0.25, -0.2) is 0 Å². The van der Waals surface area contributed by atoms with Gasteiger partial charge in [-0.1, -0.05) is 31.0 Å². The highest BCUT2D eigenvalue weighted by Gasteiger charge is 2.10. The molecule has 0 bridgehead atoms. The normalized spacial score (nSPS) is 12.2. The number of carbonyl (C=O) groups excluding carboxylic acids is 1. The smallest absolute Gasteiger partial charge is 0.251 e. The summed E-state index contributed by atoms with van der Waals surface area (Å²) in [6, 6.07) is 5.79. The van der Waals surface area contributed by atoms with E-state index in [1.165, 1.54) is 0 Å². The number of amides is 1. The van der Waals surface area contributed by atoms with Gasteiger partial charge in [0.25, 0.3) is 5.91 Å². The highest BCUT2D eigenvalue weighted by molar-refractivity contribution is 5.95. The number of rotatable bonds is 5. The Kier molecular flexibility index (Phi) is 5.16. The van der Waals surface area contributed by atoms with Crippen molar-refractivity contribution < 1.29 is 9.90 Å². The molecule has 0 aliphatic carbocycles. The van der Waals surface area contributed by atoms with Gasteiger partial charge in [0.15, 0.2) is 0 Å². The van der Waals surface area contributed by atoms with Crippen molar-refractivity contribution in [1.82, 2.24) is 5.32 Å². The van der Waals surface area contributed by atoms with Gasteiger partial charge < -0.3 is 10.4 Å². The third-order valence-corrected chi connectivity index (χ3v) is 2.76. The summed E-state index contributed by atoms with van der Waals surface area (Å²) in [5.41, 5.74) is 2.71. The number of nitrogens with one attached hydrogen (secondary N) is 1. The van der Waals surface area contributed by atoms with Crippen molar-refractivity contribution in [3.63, 3.8) is 0 Å². The van der Waals surface area contributed by atoms with Crippen LogP contribution in [-0.2, 0) is 0 Å². The van der Waals surface area contributed by atoms with Crippen molar-refractivity contribution in [3.8, 4) is 0 Å². The average molecular weight is 235 g/mol. The van der Waals surface area contributed by atoms with Gasteiger partial charge in [-0.05, 0) is 31.9 Å². The first kappa shape index (κ1) is 13.7. The second-order valence-corrected chi connectivity index (χ2v) is 4.47. The Morgan fingerprint density at radius 3 is 2.76 bits per heavy atom. The van der Waals surface area contributed by atoms with Crippen molar-refractivity contribution in [2.75, 3.05) is 6.54 Å². The van der Waals surface area contributed by atoms with Crippen LogP contribution in [0, 0.1) is 13.8 Å². The van der Waals surface area contributed by atoms with Gasteiger partial charge in [-0.2, -0.15) is 0 Å². The van der Waals surface area contributed by atoms with E-state index in [1.54, 1.807) is 0 Å². The molecule has 3 nitrogen and oxygen atoms in total. The van der Waals surface area contributed by atoms with Gasteiger partial charge in [0.1, 0.15) is 0 Å². The molecule has 1 unspecified atom stereocenters. The van der Waals surface area contributed by atoms with E-state index < -0.39 is 6.10 Å². The number of carbonyl (C=O) groups is 1. The number of hydrogen-bond donors (Lipinski definition) is 2. The van der Waals surface area contributed by atoms with E-state index in [1.807, 2.05) is 39.0 Å². The Balaban J connectivity index is 2.61. The number of aliphatic hydroxyl groups is 1. The van der Waals surface area contributed by atoms with E-state index in [-0.39, 0.29) is 5.91 Å². The van der Waals surface area contributed by atoms with Gasteiger partial charge in [0.05, 0.1) is 6.10 Å². The quantitative estimate of drug-likeness (QED) is 0.822. The summed E-state index contributed by atoms with van der Waals surface area (Å²) in [7, 11) is 0. The summed E-state index contributed by atoms with van der Waals surface area (Å²) in [5.74, 6) is -0.110. The Morgan fingerprint density at radius 1 is 1.41 bits per heavy atom. The zero-order valence-corrected chi connectivity index (χ0v) is 10.8. The van der Waals surface area contributed by atoms with Gasteiger partial charge in [0.2, 0.25) is 0 Å². The molecule has 2 N–H and O–H groups in total. The van der Waals surface area contributed by atoms with Crippen LogP contribution in [0.4, 0.5) is 0 Å². The highest BCUT2D eigenvalue weighted by atomic mass is 16.3. The molecule has 1 aromatic carbocycles. The number of hydrogen-bond acceptors (Lipinski definition) is 2. The molecule has 0 aromatic heterocycles. The molecule has 0 aliphatic rings. The van der Waals surface area contributed by atoms with Crippen LogP contribution in [0.25, 0.3) is 0 Å². The fourth-order valence-corrected chi connectivity index (χ4v) is 1.72. The van der Waals surface area contributed by atoms with Crippen molar-refractivity contribution in [2.45, 2.75) is 39.7 Å². The summed E-state index contributed by atoms with van der Waals surface area (Å²) < 4.78 is 0. The molecule has 0 radical (unpaired) electrons. The van der Waals surface area contributed by atoms with Crippen LogP contribution in [0.15, 0.2) is 18.2 Å². The Hall–Kier alpha value is -1.35. The molecule has 3 heteroatoms. The van der Waals surface area contributed by atoms with Crippen molar-refractivity contribution in [2.24, 2.45) is 0 Å². The lowest BCUT2D eigenvalue weighted by atomic mass is 10.0. The van der Waals surface area contributed by atoms with Gasteiger partial charge in [-0.15, -0.1) is 0 Å². The molecule has 94 valence electrons. The Morgan fingerprint density at radius 2 is 2.12 bits per heavy atom. The molecule has 1 aromatic rings. The minimum atomic E-state index is -0.450. The Labute approximate surface area is 103 Å². The van der Waals surface area contributed by atoms with Crippen molar-refractivity contribution >= 4 is 5.91 Å². The maximum Gasteiger partial charge on any atom is 0.251 e. The molecule has 1 amide bonds. The SMILES string of the molecule is CCCC(O)CNC(=O)c1cc(C)ccc1C. The molecule has 0 fully saturated rings. The minimum Gasteiger partial charge on any atom is -0.391 e. The molecule has 0 saturated heterocycles. The van der Waals surface area contributed by atoms with E-state index >= 15 is 0 Å². The first-order valence-corrected chi connectivity index (χ1v) is 6.08. The van der Waals surface area contributed by atoms with Crippen LogP contribution in [0.1, 0.15) is 41.3 Å². The average Bonchev–Trinajstić information content (AvgIpc) is 2.29. The van der Waals surface area contributed by atoms with Gasteiger partial charge in [-0.3, -0.25) is 4.79 Å². The lowest BCUT2D eigenvalue weighted by Crippen LogP contribution is -2.32. The van der Waals surface area contributed by atoms with Crippen LogP contribution in [0.3, 0.4) is 0 Å². The molecule has 0 aliphatic heterocycles. The molecule has 1 atom stereocenters. The lowest BCUT2D eigenvalue weighted by molar-refractivity contribution is 0.0909. The van der Waals surface area contributed by atoms with E-state index in [9.17, 15) is 9.90 Å². The van der Waals surface area contributed by atoms with Crippen LogP contribution in [-0.4, -0.2) is 23.7 Å². The van der Waals surface area contributed by atoms with Gasteiger partial charge >= 0.3 is 0 Å². The monoisotopic (exact) mass is 235 g/mol. The first-order valence-electron chi connectivity index (χ1n) is 6.08. The molecule has 0 saturated carbocycles. The third kappa shape index (κ3) is 4.19. The standard InChI is InChI=1S/C14H21NO2/c1-4-5-12(16)9-15-14(17)13-8-10(2)6-7-11(13)3/h6-8,12,16H,4-5,9H2,1-3H3,(H,15,17). The predicted molar refractivity (Wildman–Crippen MR) is 69.2 cm³/mol. The largest absolute Gasteiger partial charge is 0.391 e. The maximum atomic E-state index is 11.9. The summed E-state index contributed by atoms with van der Waals surface area (Å²) in [6.07, 6.45) is 1.18. The van der Waals surface area contributed by atoms with E-state index in [2.05, 4.69) is 5.32 Å². The summed E-state index contributed by atoms with van der Waals surface area (Å²) in [6.45, 7) is 6.20. The first-order chi connectivity index (χ1) is 8.04. The van der Waals surface area contributed by atoms with Crippen LogP contribution in [0.2, 0.25) is 0 Å². The van der Waals surface area contributed by atoms with Gasteiger partial charge in [0, 0.05) is 12.1 Å². The number of aliphatic hydroxyl groups excluding tert-OH is 1. The van der Waals surface area contributed by atoms with Crippen LogP contribution in [0.5, 0.6) is 0 Å². The topological polar surface area (TPSA) is 49.3 Å². The molecular formula is C14H21NO2. The fraction of sp³-hybridized carbons (Fsp3) is 0.500. The maximum absolute atomic E-state index is 11.9. The van der Waals surface area contributed by atoms with Crippen LogP contribution >= 0.6 is 0 Å². The molecule has 1 rings (SSSR count). The van der Waals surface area contributed by atoms with Crippen molar-refractivity contribution in [1.29, 1.82) is 0 Å². The Bertz CT molecular complexity index is 388. The predicted octanol–water partition coefficient (Wildman–Crippen LogP) is 2.19.